The smallest absolute Gasteiger partial charge is 0.319 e. The molecule has 5 nitrogen and oxygen atoms in total. The van der Waals surface area contributed by atoms with E-state index in [1.165, 1.54) is 5.56 Å². The zero-order valence-electron chi connectivity index (χ0n) is 16.0. The zero-order valence-corrected chi connectivity index (χ0v) is 16.0. The topological polar surface area (TPSA) is 53.6 Å². The van der Waals surface area contributed by atoms with Crippen LogP contribution in [0, 0.1) is 5.92 Å². The van der Waals surface area contributed by atoms with Gasteiger partial charge in [-0.15, -0.1) is 0 Å². The molecule has 144 valence electrons. The third kappa shape index (κ3) is 6.38. The number of carbonyl (C=O) groups excluding carboxylic acids is 1. The highest BCUT2D eigenvalue weighted by molar-refractivity contribution is 5.89. The molecule has 1 atom stereocenters. The van der Waals surface area contributed by atoms with Gasteiger partial charge in [0.05, 0.1) is 6.61 Å². The van der Waals surface area contributed by atoms with Gasteiger partial charge in [-0.2, -0.15) is 0 Å². The van der Waals surface area contributed by atoms with Gasteiger partial charge in [-0.05, 0) is 49.1 Å². The molecular weight excluding hydrogens is 338 g/mol. The quantitative estimate of drug-likeness (QED) is 0.745. The zero-order chi connectivity index (χ0) is 18.9. The van der Waals surface area contributed by atoms with E-state index in [1.807, 2.05) is 37.3 Å². The number of hydrogen-bond donors (Lipinski definition) is 2. The van der Waals surface area contributed by atoms with Gasteiger partial charge in [-0.3, -0.25) is 4.90 Å². The minimum absolute atomic E-state index is 0.144. The summed E-state index contributed by atoms with van der Waals surface area (Å²) < 4.78 is 5.38. The molecular formula is C22H29N3O2. The van der Waals surface area contributed by atoms with E-state index in [-0.39, 0.29) is 6.03 Å². The Hall–Kier alpha value is -2.37. The van der Waals surface area contributed by atoms with E-state index in [1.54, 1.807) is 0 Å². The Labute approximate surface area is 161 Å². The number of urea groups is 1. The van der Waals surface area contributed by atoms with Crippen LogP contribution in [-0.4, -0.2) is 37.2 Å². The van der Waals surface area contributed by atoms with Gasteiger partial charge in [-0.1, -0.05) is 42.5 Å². The van der Waals surface area contributed by atoms with Crippen molar-refractivity contribution in [3.8, 4) is 0 Å². The second-order valence-electron chi connectivity index (χ2n) is 7.04. The normalized spacial score (nSPS) is 17.0. The van der Waals surface area contributed by atoms with Crippen molar-refractivity contribution in [1.29, 1.82) is 0 Å². The molecule has 0 aliphatic carbocycles. The number of amides is 2. The number of hydrogen-bond acceptors (Lipinski definition) is 3. The Morgan fingerprint density at radius 1 is 1.11 bits per heavy atom. The van der Waals surface area contributed by atoms with Crippen molar-refractivity contribution in [2.75, 3.05) is 31.6 Å². The van der Waals surface area contributed by atoms with Gasteiger partial charge in [0, 0.05) is 31.9 Å². The highest BCUT2D eigenvalue weighted by atomic mass is 16.5. The number of nitrogens with one attached hydrogen (secondary N) is 2. The standard InChI is InChI=1S/C22H29N3O2/c1-2-27-17-19-8-10-21(11-9-19)24-22(26)23-14-20-12-13-25(16-20)15-18-6-4-3-5-7-18/h3-11,20H,2,12-17H2,1H3,(H2,23,24,26)/t20-/m0/s1. The summed E-state index contributed by atoms with van der Waals surface area (Å²) in [5, 5.41) is 5.90. The number of rotatable bonds is 8. The average molecular weight is 367 g/mol. The lowest BCUT2D eigenvalue weighted by atomic mass is 10.1. The molecule has 0 spiro atoms. The van der Waals surface area contributed by atoms with E-state index in [4.69, 9.17) is 4.74 Å². The summed E-state index contributed by atoms with van der Waals surface area (Å²) in [5.41, 5.74) is 3.24. The van der Waals surface area contributed by atoms with Crippen LogP contribution in [0.3, 0.4) is 0 Å². The number of nitrogens with zero attached hydrogens (tertiary/aromatic N) is 1. The summed E-state index contributed by atoms with van der Waals surface area (Å²) in [5.74, 6) is 0.507. The van der Waals surface area contributed by atoms with E-state index >= 15 is 0 Å². The maximum absolute atomic E-state index is 12.1. The van der Waals surface area contributed by atoms with E-state index in [0.29, 0.717) is 25.7 Å². The first-order chi connectivity index (χ1) is 13.2. The van der Waals surface area contributed by atoms with Crippen LogP contribution in [0.5, 0.6) is 0 Å². The molecule has 2 amide bonds. The molecule has 3 rings (SSSR count). The fourth-order valence-electron chi connectivity index (χ4n) is 3.38. The molecule has 5 heteroatoms. The third-order valence-electron chi connectivity index (χ3n) is 4.85. The number of benzene rings is 2. The molecule has 2 aromatic carbocycles. The maximum atomic E-state index is 12.1. The second-order valence-corrected chi connectivity index (χ2v) is 7.04. The van der Waals surface area contributed by atoms with Gasteiger partial charge < -0.3 is 15.4 Å². The fraction of sp³-hybridized carbons (Fsp3) is 0.409. The summed E-state index contributed by atoms with van der Waals surface area (Å²) in [6.07, 6.45) is 1.12. The Balaban J connectivity index is 1.37. The molecule has 0 saturated carbocycles. The van der Waals surface area contributed by atoms with Gasteiger partial charge in [0.25, 0.3) is 0 Å². The second kappa shape index (κ2) is 10.1. The molecule has 0 unspecified atom stereocenters. The molecule has 2 aromatic rings. The molecule has 1 aliphatic heterocycles. The lowest BCUT2D eigenvalue weighted by Crippen LogP contribution is -2.34. The third-order valence-corrected chi connectivity index (χ3v) is 4.85. The van der Waals surface area contributed by atoms with Crippen molar-refractivity contribution in [3.05, 3.63) is 65.7 Å². The summed E-state index contributed by atoms with van der Waals surface area (Å²) >= 11 is 0. The minimum Gasteiger partial charge on any atom is -0.377 e. The van der Waals surface area contributed by atoms with E-state index in [2.05, 4.69) is 39.8 Å². The summed E-state index contributed by atoms with van der Waals surface area (Å²) in [7, 11) is 0. The molecule has 0 radical (unpaired) electrons. The number of anilines is 1. The van der Waals surface area contributed by atoms with E-state index in [9.17, 15) is 4.79 Å². The summed E-state index contributed by atoms with van der Waals surface area (Å²) in [6, 6.07) is 18.2. The van der Waals surface area contributed by atoms with Crippen molar-refractivity contribution in [2.45, 2.75) is 26.5 Å². The van der Waals surface area contributed by atoms with Gasteiger partial charge in [-0.25, -0.2) is 4.79 Å². The van der Waals surface area contributed by atoms with Crippen LogP contribution < -0.4 is 10.6 Å². The van der Waals surface area contributed by atoms with Gasteiger partial charge in [0.15, 0.2) is 0 Å². The van der Waals surface area contributed by atoms with Crippen molar-refractivity contribution in [1.82, 2.24) is 10.2 Å². The highest BCUT2D eigenvalue weighted by Crippen LogP contribution is 2.18. The SMILES string of the molecule is CCOCc1ccc(NC(=O)NC[C@@H]2CCN(Cc3ccccc3)C2)cc1. The van der Waals surface area contributed by atoms with Crippen LogP contribution in [0.15, 0.2) is 54.6 Å². The first-order valence-electron chi connectivity index (χ1n) is 9.70. The molecule has 2 N–H and O–H groups in total. The predicted molar refractivity (Wildman–Crippen MR) is 109 cm³/mol. The first kappa shape index (κ1) is 19.4. The minimum atomic E-state index is -0.144. The first-order valence-corrected chi connectivity index (χ1v) is 9.70. The Morgan fingerprint density at radius 3 is 2.63 bits per heavy atom. The summed E-state index contributed by atoms with van der Waals surface area (Å²) in [4.78, 5) is 14.6. The number of carbonyl (C=O) groups is 1. The largest absolute Gasteiger partial charge is 0.377 e. The Kier molecular flexibility index (Phi) is 7.25. The van der Waals surface area contributed by atoms with Crippen LogP contribution in [-0.2, 0) is 17.9 Å². The highest BCUT2D eigenvalue weighted by Gasteiger charge is 2.22. The van der Waals surface area contributed by atoms with Gasteiger partial charge >= 0.3 is 6.03 Å². The van der Waals surface area contributed by atoms with Crippen LogP contribution in [0.4, 0.5) is 10.5 Å². The fourth-order valence-corrected chi connectivity index (χ4v) is 3.38. The predicted octanol–water partition coefficient (Wildman–Crippen LogP) is 3.87. The summed E-state index contributed by atoms with van der Waals surface area (Å²) in [6.45, 7) is 7.09. The Morgan fingerprint density at radius 2 is 1.89 bits per heavy atom. The lowest BCUT2D eigenvalue weighted by molar-refractivity contribution is 0.134. The monoisotopic (exact) mass is 367 g/mol. The molecule has 1 heterocycles. The maximum Gasteiger partial charge on any atom is 0.319 e. The van der Waals surface area contributed by atoms with Crippen LogP contribution in [0.1, 0.15) is 24.5 Å². The number of ether oxygens (including phenoxy) is 1. The lowest BCUT2D eigenvalue weighted by Gasteiger charge is -2.16. The van der Waals surface area contributed by atoms with E-state index < -0.39 is 0 Å². The van der Waals surface area contributed by atoms with Gasteiger partial charge in [0.1, 0.15) is 0 Å². The van der Waals surface area contributed by atoms with E-state index in [0.717, 1.165) is 37.3 Å². The molecule has 0 aromatic heterocycles. The molecule has 0 bridgehead atoms. The number of likely N-dealkylation sites (tertiary alicyclic amines) is 1. The molecule has 1 saturated heterocycles. The van der Waals surface area contributed by atoms with Crippen molar-refractivity contribution in [3.63, 3.8) is 0 Å². The van der Waals surface area contributed by atoms with Gasteiger partial charge in [0.2, 0.25) is 0 Å². The molecule has 27 heavy (non-hydrogen) atoms. The van der Waals surface area contributed by atoms with Crippen LogP contribution >= 0.6 is 0 Å². The van der Waals surface area contributed by atoms with Crippen LogP contribution in [0.25, 0.3) is 0 Å². The van der Waals surface area contributed by atoms with Crippen molar-refractivity contribution >= 4 is 11.7 Å². The van der Waals surface area contributed by atoms with Crippen LogP contribution in [0.2, 0.25) is 0 Å². The molecule has 1 aliphatic rings. The van der Waals surface area contributed by atoms with Crippen molar-refractivity contribution < 1.29 is 9.53 Å². The average Bonchev–Trinajstić information content (AvgIpc) is 3.14. The molecule has 1 fully saturated rings. The van der Waals surface area contributed by atoms with Crippen molar-refractivity contribution in [2.24, 2.45) is 5.92 Å². The Bertz CT molecular complexity index is 703.